The SMILES string of the molecule is CCSc1ccccc1NC(=O)C1CCCN(S(=O)(=O)CCCc2ccccc2)C1. The van der Waals surface area contributed by atoms with Gasteiger partial charge in [0.1, 0.15) is 0 Å². The third-order valence-corrected chi connectivity index (χ3v) is 8.18. The second kappa shape index (κ2) is 11.0. The highest BCUT2D eigenvalue weighted by molar-refractivity contribution is 7.99. The standard InChI is InChI=1S/C23H30N2O3S2/c1-2-29-22-15-7-6-14-21(22)24-23(26)20-13-8-16-25(18-20)30(27,28)17-9-12-19-10-4-3-5-11-19/h3-7,10-11,14-15,20H,2,8-9,12-13,16-18H2,1H3,(H,24,26). The Hall–Kier alpha value is -1.83. The molecule has 1 fully saturated rings. The molecule has 0 spiro atoms. The highest BCUT2D eigenvalue weighted by Gasteiger charge is 2.32. The second-order valence-corrected chi connectivity index (χ2v) is 10.9. The summed E-state index contributed by atoms with van der Waals surface area (Å²) in [7, 11) is -3.36. The predicted octanol–water partition coefficient (Wildman–Crippen LogP) is 4.41. The monoisotopic (exact) mass is 446 g/mol. The predicted molar refractivity (Wildman–Crippen MR) is 124 cm³/mol. The maximum Gasteiger partial charge on any atom is 0.228 e. The Labute approximate surface area is 184 Å². The second-order valence-electron chi connectivity index (χ2n) is 7.52. The average Bonchev–Trinajstić information content (AvgIpc) is 2.76. The molecule has 0 saturated carbocycles. The van der Waals surface area contributed by atoms with Gasteiger partial charge in [0, 0.05) is 18.0 Å². The van der Waals surface area contributed by atoms with Crippen LogP contribution in [0.1, 0.15) is 31.7 Å². The van der Waals surface area contributed by atoms with Crippen LogP contribution in [0.25, 0.3) is 0 Å². The van der Waals surface area contributed by atoms with Gasteiger partial charge in [0.25, 0.3) is 0 Å². The third-order valence-electron chi connectivity index (χ3n) is 5.30. The molecule has 5 nitrogen and oxygen atoms in total. The number of benzene rings is 2. The molecule has 162 valence electrons. The molecule has 1 aliphatic rings. The molecule has 0 bridgehead atoms. The fourth-order valence-electron chi connectivity index (χ4n) is 3.73. The third kappa shape index (κ3) is 6.33. The first-order valence-electron chi connectivity index (χ1n) is 10.5. The quantitative estimate of drug-likeness (QED) is 0.580. The Morgan fingerprint density at radius 1 is 1.13 bits per heavy atom. The van der Waals surface area contributed by atoms with Crippen LogP contribution in [0, 0.1) is 5.92 Å². The lowest BCUT2D eigenvalue weighted by atomic mass is 9.99. The Balaban J connectivity index is 1.56. The summed E-state index contributed by atoms with van der Waals surface area (Å²) in [4.78, 5) is 13.9. The minimum atomic E-state index is -3.36. The molecule has 7 heteroatoms. The molecule has 1 amide bonds. The van der Waals surface area contributed by atoms with Gasteiger partial charge in [0.15, 0.2) is 0 Å². The van der Waals surface area contributed by atoms with Crippen LogP contribution in [0.3, 0.4) is 0 Å². The lowest BCUT2D eigenvalue weighted by Crippen LogP contribution is -2.44. The summed E-state index contributed by atoms with van der Waals surface area (Å²) < 4.78 is 27.2. The van der Waals surface area contributed by atoms with E-state index in [-0.39, 0.29) is 24.1 Å². The van der Waals surface area contributed by atoms with Crippen molar-refractivity contribution >= 4 is 33.4 Å². The minimum absolute atomic E-state index is 0.0941. The molecule has 1 aliphatic heterocycles. The lowest BCUT2D eigenvalue weighted by Gasteiger charge is -2.31. The van der Waals surface area contributed by atoms with Crippen LogP contribution in [-0.4, -0.2) is 43.2 Å². The topological polar surface area (TPSA) is 66.5 Å². The van der Waals surface area contributed by atoms with Crippen molar-refractivity contribution in [3.05, 3.63) is 60.2 Å². The van der Waals surface area contributed by atoms with Gasteiger partial charge < -0.3 is 5.32 Å². The van der Waals surface area contributed by atoms with Gasteiger partial charge in [-0.1, -0.05) is 49.4 Å². The molecule has 2 aromatic rings. The first-order valence-corrected chi connectivity index (χ1v) is 13.1. The van der Waals surface area contributed by atoms with E-state index in [9.17, 15) is 13.2 Å². The Bertz CT molecular complexity index is 932. The van der Waals surface area contributed by atoms with Gasteiger partial charge in [-0.15, -0.1) is 11.8 Å². The molecule has 1 heterocycles. The molecular weight excluding hydrogens is 416 g/mol. The van der Waals surface area contributed by atoms with Crippen LogP contribution in [0.2, 0.25) is 0 Å². The maximum atomic E-state index is 12.9. The number of sulfonamides is 1. The van der Waals surface area contributed by atoms with Crippen LogP contribution in [0.15, 0.2) is 59.5 Å². The van der Waals surface area contributed by atoms with Crippen LogP contribution in [0.4, 0.5) is 5.69 Å². The number of carbonyl (C=O) groups is 1. The van der Waals surface area contributed by atoms with E-state index in [2.05, 4.69) is 12.2 Å². The number of hydrogen-bond acceptors (Lipinski definition) is 4. The summed E-state index contributed by atoms with van der Waals surface area (Å²) in [5.41, 5.74) is 1.95. The summed E-state index contributed by atoms with van der Waals surface area (Å²) in [5.74, 6) is 0.628. The minimum Gasteiger partial charge on any atom is -0.325 e. The average molecular weight is 447 g/mol. The van der Waals surface area contributed by atoms with Crippen molar-refractivity contribution < 1.29 is 13.2 Å². The zero-order valence-electron chi connectivity index (χ0n) is 17.4. The first-order chi connectivity index (χ1) is 14.5. The maximum absolute atomic E-state index is 12.9. The summed E-state index contributed by atoms with van der Waals surface area (Å²) in [5, 5.41) is 3.02. The van der Waals surface area contributed by atoms with E-state index in [1.165, 1.54) is 4.31 Å². The first kappa shape index (κ1) is 22.8. The van der Waals surface area contributed by atoms with Gasteiger partial charge in [0.2, 0.25) is 15.9 Å². The zero-order chi connectivity index (χ0) is 21.4. The Morgan fingerprint density at radius 3 is 2.63 bits per heavy atom. The van der Waals surface area contributed by atoms with Crippen molar-refractivity contribution in [1.29, 1.82) is 0 Å². The van der Waals surface area contributed by atoms with E-state index in [0.717, 1.165) is 28.3 Å². The summed E-state index contributed by atoms with van der Waals surface area (Å²) in [6.07, 6.45) is 2.75. The molecule has 0 aromatic heterocycles. The van der Waals surface area contributed by atoms with E-state index in [1.54, 1.807) is 11.8 Å². The molecule has 30 heavy (non-hydrogen) atoms. The van der Waals surface area contributed by atoms with Gasteiger partial charge in [-0.25, -0.2) is 12.7 Å². The smallest absolute Gasteiger partial charge is 0.228 e. The van der Waals surface area contributed by atoms with E-state index in [1.807, 2.05) is 54.6 Å². The molecule has 2 aromatic carbocycles. The number of rotatable bonds is 9. The van der Waals surface area contributed by atoms with Crippen molar-refractivity contribution in [2.45, 2.75) is 37.5 Å². The van der Waals surface area contributed by atoms with Crippen LogP contribution in [-0.2, 0) is 21.2 Å². The molecule has 3 rings (SSSR count). The fourth-order valence-corrected chi connectivity index (χ4v) is 6.07. The van der Waals surface area contributed by atoms with Crippen molar-refractivity contribution in [1.82, 2.24) is 4.31 Å². The number of nitrogens with zero attached hydrogens (tertiary/aromatic N) is 1. The van der Waals surface area contributed by atoms with Crippen LogP contribution >= 0.6 is 11.8 Å². The van der Waals surface area contributed by atoms with Crippen molar-refractivity contribution in [2.75, 3.05) is 29.9 Å². The molecule has 0 aliphatic carbocycles. The number of carbonyl (C=O) groups excluding carboxylic acids is 1. The number of para-hydroxylation sites is 1. The van der Waals surface area contributed by atoms with E-state index in [0.29, 0.717) is 25.8 Å². The van der Waals surface area contributed by atoms with Gasteiger partial charge in [0.05, 0.1) is 17.4 Å². The Kier molecular flexibility index (Phi) is 8.36. The van der Waals surface area contributed by atoms with Gasteiger partial charge >= 0.3 is 0 Å². The highest BCUT2D eigenvalue weighted by Crippen LogP contribution is 2.28. The number of thioether (sulfide) groups is 1. The van der Waals surface area contributed by atoms with Crippen molar-refractivity contribution in [2.24, 2.45) is 5.92 Å². The Morgan fingerprint density at radius 2 is 1.87 bits per heavy atom. The molecule has 1 unspecified atom stereocenters. The molecule has 1 atom stereocenters. The fraction of sp³-hybridized carbons (Fsp3) is 0.435. The number of amides is 1. The highest BCUT2D eigenvalue weighted by atomic mass is 32.2. The molecule has 0 radical (unpaired) electrons. The number of aryl methyl sites for hydroxylation is 1. The summed E-state index contributed by atoms with van der Waals surface area (Å²) in [6.45, 7) is 2.84. The van der Waals surface area contributed by atoms with Crippen LogP contribution in [0.5, 0.6) is 0 Å². The molecule has 1 N–H and O–H groups in total. The summed E-state index contributed by atoms with van der Waals surface area (Å²) in [6, 6.07) is 17.7. The number of nitrogens with one attached hydrogen (secondary N) is 1. The van der Waals surface area contributed by atoms with E-state index in [4.69, 9.17) is 0 Å². The number of anilines is 1. The van der Waals surface area contributed by atoms with Crippen LogP contribution < -0.4 is 5.32 Å². The van der Waals surface area contributed by atoms with Crippen molar-refractivity contribution in [3.8, 4) is 0 Å². The number of piperidine rings is 1. The zero-order valence-corrected chi connectivity index (χ0v) is 19.1. The normalized spacial score (nSPS) is 17.6. The lowest BCUT2D eigenvalue weighted by molar-refractivity contribution is -0.120. The van der Waals surface area contributed by atoms with Gasteiger partial charge in [-0.2, -0.15) is 0 Å². The van der Waals surface area contributed by atoms with Gasteiger partial charge in [-0.05, 0) is 49.1 Å². The largest absolute Gasteiger partial charge is 0.325 e. The van der Waals surface area contributed by atoms with E-state index < -0.39 is 10.0 Å². The molecule has 1 saturated heterocycles. The number of hydrogen-bond donors (Lipinski definition) is 1. The van der Waals surface area contributed by atoms with Crippen molar-refractivity contribution in [3.63, 3.8) is 0 Å². The van der Waals surface area contributed by atoms with E-state index >= 15 is 0 Å². The van der Waals surface area contributed by atoms with Gasteiger partial charge in [-0.3, -0.25) is 4.79 Å². The summed E-state index contributed by atoms with van der Waals surface area (Å²) >= 11 is 1.68. The molecular formula is C23H30N2O3S2.